The lowest BCUT2D eigenvalue weighted by Crippen LogP contribution is -2.35. The fraction of sp³-hybridized carbons (Fsp3) is 0.208. The molecule has 1 aliphatic rings. The molecule has 0 unspecified atom stereocenters. The monoisotopic (exact) mass is 500 g/mol. The summed E-state index contributed by atoms with van der Waals surface area (Å²) >= 11 is 0. The summed E-state index contributed by atoms with van der Waals surface area (Å²) in [5.74, 6) is 0.409. The maximum absolute atomic E-state index is 13.3. The van der Waals surface area contributed by atoms with Gasteiger partial charge in [-0.05, 0) is 79.9 Å². The first kappa shape index (κ1) is 23.8. The van der Waals surface area contributed by atoms with Gasteiger partial charge in [-0.15, -0.1) is 0 Å². The smallest absolute Gasteiger partial charge is 0.264 e. The highest BCUT2D eigenvalue weighted by molar-refractivity contribution is 7.93. The quantitative estimate of drug-likeness (QED) is 0.494. The molecule has 178 valence electrons. The predicted molar refractivity (Wildman–Crippen MR) is 130 cm³/mol. The zero-order valence-electron chi connectivity index (χ0n) is 18.7. The lowest BCUT2D eigenvalue weighted by Gasteiger charge is -2.31. The van der Waals surface area contributed by atoms with E-state index in [1.54, 1.807) is 30.3 Å². The number of hydrogen-bond acceptors (Lipinski definition) is 6. The number of anilines is 2. The van der Waals surface area contributed by atoms with Gasteiger partial charge in [0.1, 0.15) is 5.75 Å². The van der Waals surface area contributed by atoms with Gasteiger partial charge in [0.15, 0.2) is 5.78 Å². The van der Waals surface area contributed by atoms with Gasteiger partial charge in [-0.1, -0.05) is 12.1 Å². The van der Waals surface area contributed by atoms with Crippen LogP contribution in [0.2, 0.25) is 0 Å². The zero-order chi connectivity index (χ0) is 24.5. The molecule has 1 aliphatic heterocycles. The molecule has 8 nitrogen and oxygen atoms in total. The van der Waals surface area contributed by atoms with E-state index in [1.807, 2.05) is 0 Å². The highest BCUT2D eigenvalue weighted by Gasteiger charge is 2.29. The summed E-state index contributed by atoms with van der Waals surface area (Å²) in [6.07, 6.45) is 1.22. The first-order valence-corrected chi connectivity index (χ1v) is 13.5. The minimum atomic E-state index is -3.88. The van der Waals surface area contributed by atoms with Crippen LogP contribution < -0.4 is 13.8 Å². The number of aryl methyl sites for hydroxylation is 1. The SMILES string of the molecule is COc1ccc(S(=O)(=O)N2CCCc3cc(NS(=O)(=O)c4ccc(C(C)=O)cc4)ccc32)cc1. The van der Waals surface area contributed by atoms with Gasteiger partial charge in [0, 0.05) is 17.8 Å². The number of ketones is 1. The van der Waals surface area contributed by atoms with Crippen LogP contribution in [0.1, 0.15) is 29.3 Å². The van der Waals surface area contributed by atoms with Crippen LogP contribution in [0.3, 0.4) is 0 Å². The zero-order valence-corrected chi connectivity index (χ0v) is 20.3. The normalized spacial score (nSPS) is 13.8. The molecule has 0 aromatic heterocycles. The van der Waals surface area contributed by atoms with Gasteiger partial charge in [0.05, 0.1) is 22.6 Å². The second-order valence-electron chi connectivity index (χ2n) is 7.89. The van der Waals surface area contributed by atoms with Crippen molar-refractivity contribution in [3.8, 4) is 5.75 Å². The second kappa shape index (κ2) is 9.11. The molecule has 0 aliphatic carbocycles. The molecule has 0 atom stereocenters. The van der Waals surface area contributed by atoms with Crippen molar-refractivity contribution in [1.82, 2.24) is 0 Å². The number of ether oxygens (including phenoxy) is 1. The first-order chi connectivity index (χ1) is 16.1. The van der Waals surface area contributed by atoms with Gasteiger partial charge in [0.2, 0.25) is 0 Å². The van der Waals surface area contributed by atoms with Crippen LogP contribution in [0.15, 0.2) is 76.5 Å². The Kier molecular flexibility index (Phi) is 6.37. The number of nitrogens with zero attached hydrogens (tertiary/aromatic N) is 1. The minimum Gasteiger partial charge on any atom is -0.497 e. The van der Waals surface area contributed by atoms with Crippen LogP contribution >= 0.6 is 0 Å². The number of carbonyl (C=O) groups excluding carboxylic acids is 1. The molecule has 10 heteroatoms. The van der Waals surface area contributed by atoms with E-state index >= 15 is 0 Å². The number of fused-ring (bicyclic) bond motifs is 1. The first-order valence-electron chi connectivity index (χ1n) is 10.6. The van der Waals surface area contributed by atoms with Crippen LogP contribution in [0.5, 0.6) is 5.75 Å². The van der Waals surface area contributed by atoms with Crippen molar-refractivity contribution < 1.29 is 26.4 Å². The molecule has 1 heterocycles. The topological polar surface area (TPSA) is 110 Å². The molecule has 4 rings (SSSR count). The van der Waals surface area contributed by atoms with E-state index in [1.165, 1.54) is 54.7 Å². The highest BCUT2D eigenvalue weighted by atomic mass is 32.2. The molecule has 3 aromatic carbocycles. The van der Waals surface area contributed by atoms with Crippen LogP contribution in [-0.2, 0) is 26.5 Å². The Morgan fingerprint density at radius 2 is 1.56 bits per heavy atom. The van der Waals surface area contributed by atoms with Crippen LogP contribution in [0.25, 0.3) is 0 Å². The largest absolute Gasteiger partial charge is 0.497 e. The Labute approximate surface area is 199 Å². The average molecular weight is 501 g/mol. The number of benzene rings is 3. The van der Waals surface area contributed by atoms with Crippen molar-refractivity contribution in [3.05, 3.63) is 77.9 Å². The molecule has 0 amide bonds. The van der Waals surface area contributed by atoms with E-state index in [4.69, 9.17) is 4.74 Å². The summed E-state index contributed by atoms with van der Waals surface area (Å²) in [5, 5.41) is 0. The molecular formula is C24H24N2O6S2. The molecule has 0 radical (unpaired) electrons. The number of nitrogens with one attached hydrogen (secondary N) is 1. The number of Topliss-reactive ketones (excluding diaryl/α,β-unsaturated/α-hetero) is 1. The molecular weight excluding hydrogens is 476 g/mol. The Morgan fingerprint density at radius 3 is 2.18 bits per heavy atom. The third kappa shape index (κ3) is 4.64. The van der Waals surface area contributed by atoms with E-state index in [9.17, 15) is 21.6 Å². The Hall–Kier alpha value is -3.37. The van der Waals surface area contributed by atoms with Gasteiger partial charge < -0.3 is 4.74 Å². The fourth-order valence-electron chi connectivity index (χ4n) is 3.83. The fourth-order valence-corrected chi connectivity index (χ4v) is 6.42. The number of carbonyl (C=O) groups is 1. The van der Waals surface area contributed by atoms with E-state index < -0.39 is 20.0 Å². The van der Waals surface area contributed by atoms with Crippen molar-refractivity contribution >= 4 is 37.2 Å². The lowest BCUT2D eigenvalue weighted by molar-refractivity contribution is 0.101. The standard InChI is InChI=1S/C24H24N2O6S2/c1-17(27)18-5-10-22(11-6-18)33(28,29)25-20-7-14-24-19(16-20)4-3-15-26(24)34(30,31)23-12-8-21(32-2)9-13-23/h5-14,16,25H,3-4,15H2,1-2H3. The maximum Gasteiger partial charge on any atom is 0.264 e. The molecule has 3 aromatic rings. The second-order valence-corrected chi connectivity index (χ2v) is 11.4. The van der Waals surface area contributed by atoms with E-state index in [-0.39, 0.29) is 15.6 Å². The van der Waals surface area contributed by atoms with Crippen molar-refractivity contribution in [2.75, 3.05) is 22.7 Å². The van der Waals surface area contributed by atoms with E-state index in [0.29, 0.717) is 42.1 Å². The molecule has 1 N–H and O–H groups in total. The summed E-state index contributed by atoms with van der Waals surface area (Å²) in [6, 6.07) is 16.7. The van der Waals surface area contributed by atoms with Gasteiger partial charge in [-0.25, -0.2) is 16.8 Å². The summed E-state index contributed by atoms with van der Waals surface area (Å²) in [6.45, 7) is 1.74. The summed E-state index contributed by atoms with van der Waals surface area (Å²) in [7, 11) is -6.16. The van der Waals surface area contributed by atoms with Crippen molar-refractivity contribution in [2.24, 2.45) is 0 Å². The predicted octanol–water partition coefficient (Wildman–Crippen LogP) is 3.84. The van der Waals surface area contributed by atoms with Crippen LogP contribution in [0, 0.1) is 0 Å². The molecule has 34 heavy (non-hydrogen) atoms. The van der Waals surface area contributed by atoms with Crippen molar-refractivity contribution in [1.29, 1.82) is 0 Å². The molecule has 0 bridgehead atoms. The Balaban J connectivity index is 1.61. The van der Waals surface area contributed by atoms with Crippen molar-refractivity contribution in [3.63, 3.8) is 0 Å². The Bertz CT molecular complexity index is 1430. The minimum absolute atomic E-state index is 0.0268. The van der Waals surface area contributed by atoms with Gasteiger partial charge in [-0.2, -0.15) is 0 Å². The van der Waals surface area contributed by atoms with E-state index in [2.05, 4.69) is 4.72 Å². The van der Waals surface area contributed by atoms with E-state index in [0.717, 1.165) is 5.56 Å². The third-order valence-electron chi connectivity index (χ3n) is 5.63. The Morgan fingerprint density at radius 1 is 0.912 bits per heavy atom. The third-order valence-corrected chi connectivity index (χ3v) is 8.85. The lowest BCUT2D eigenvalue weighted by atomic mass is 10.0. The molecule has 0 saturated carbocycles. The van der Waals surface area contributed by atoms with Gasteiger partial charge in [0.25, 0.3) is 20.0 Å². The molecule has 0 spiro atoms. The molecule has 0 fully saturated rings. The number of hydrogen-bond donors (Lipinski definition) is 1. The summed E-state index contributed by atoms with van der Waals surface area (Å²) in [4.78, 5) is 11.6. The van der Waals surface area contributed by atoms with Crippen LogP contribution in [0.4, 0.5) is 11.4 Å². The highest BCUT2D eigenvalue weighted by Crippen LogP contribution is 2.34. The molecule has 0 saturated heterocycles. The van der Waals surface area contributed by atoms with Gasteiger partial charge >= 0.3 is 0 Å². The maximum atomic E-state index is 13.3. The summed E-state index contributed by atoms with van der Waals surface area (Å²) < 4.78 is 61.1. The average Bonchev–Trinajstić information content (AvgIpc) is 2.83. The number of rotatable bonds is 7. The number of sulfonamides is 2. The van der Waals surface area contributed by atoms with Gasteiger partial charge in [-0.3, -0.25) is 13.8 Å². The summed E-state index contributed by atoms with van der Waals surface area (Å²) in [5.41, 5.74) is 2.01. The number of methoxy groups -OCH3 is 1. The van der Waals surface area contributed by atoms with Crippen molar-refractivity contribution in [2.45, 2.75) is 29.6 Å². The van der Waals surface area contributed by atoms with Crippen LogP contribution in [-0.4, -0.2) is 36.3 Å².